The average molecular weight is 487 g/mol. The van der Waals surface area contributed by atoms with Crippen LogP contribution in [0, 0.1) is 0 Å². The number of carbonyl (C=O) groups is 1. The van der Waals surface area contributed by atoms with Crippen LogP contribution in [0.4, 0.5) is 0 Å². The molecule has 1 aromatic carbocycles. The van der Waals surface area contributed by atoms with E-state index in [9.17, 15) is 18.4 Å². The zero-order valence-corrected chi connectivity index (χ0v) is 19.3. The number of tetrazole rings is 1. The lowest BCUT2D eigenvalue weighted by Crippen LogP contribution is -2.60. The maximum atomic E-state index is 13.4. The average Bonchev–Trinajstić information content (AvgIpc) is 3.25. The number of hydrogen-bond acceptors (Lipinski definition) is 8. The number of carbonyl (C=O) groups excluding carboxylic acids is 1. The molecule has 2 aromatic rings. The number of hydroxylamine groups is 1. The topological polar surface area (TPSA) is 140 Å². The molecule has 32 heavy (non-hydrogen) atoms. The number of halogens is 1. The summed E-state index contributed by atoms with van der Waals surface area (Å²) in [6.07, 6.45) is 1.35. The summed E-state index contributed by atoms with van der Waals surface area (Å²) in [4.78, 5) is 13.8. The second-order valence-corrected chi connectivity index (χ2v) is 10.2. The summed E-state index contributed by atoms with van der Waals surface area (Å²) < 4.78 is 31.7. The molecule has 0 radical (unpaired) electrons. The standard InChI is InChI=1S/C19H26N6O5S.ClH/c1-24-21-17(20-23-24)16-4-2-14(3-5-16)15-6-10-25(11-7-15)31(28,29)19(18(26)22-27)8-12-30-13-9-19;/h2-5,15,27H,6-13H2,1H3,(H,22,26);1H. The first kappa shape index (κ1) is 24.5. The molecule has 0 bridgehead atoms. The zero-order chi connectivity index (χ0) is 22.1. The minimum absolute atomic E-state index is 0. The number of aryl methyl sites for hydroxylation is 1. The summed E-state index contributed by atoms with van der Waals surface area (Å²) in [5.74, 6) is -0.113. The van der Waals surface area contributed by atoms with Gasteiger partial charge in [-0.2, -0.15) is 4.80 Å². The van der Waals surface area contributed by atoms with Gasteiger partial charge in [0.1, 0.15) is 0 Å². The Bertz CT molecular complexity index is 1030. The highest BCUT2D eigenvalue weighted by Gasteiger charge is 2.54. The Hall–Kier alpha value is -2.12. The van der Waals surface area contributed by atoms with E-state index in [1.165, 1.54) is 9.10 Å². The molecule has 0 unspecified atom stereocenters. The van der Waals surface area contributed by atoms with Gasteiger partial charge in [0.25, 0.3) is 5.91 Å². The summed E-state index contributed by atoms with van der Waals surface area (Å²) >= 11 is 0. The molecule has 2 N–H and O–H groups in total. The van der Waals surface area contributed by atoms with Gasteiger partial charge in [-0.25, -0.2) is 18.2 Å². The summed E-state index contributed by atoms with van der Waals surface area (Å²) in [5, 5.41) is 21.2. The first-order valence-corrected chi connectivity index (χ1v) is 11.7. The summed E-state index contributed by atoms with van der Waals surface area (Å²) in [7, 11) is -2.24. The van der Waals surface area contributed by atoms with Gasteiger partial charge in [-0.15, -0.1) is 22.6 Å². The number of ether oxygens (including phenoxy) is 1. The molecule has 2 aliphatic rings. The van der Waals surface area contributed by atoms with Crippen LogP contribution in [0.3, 0.4) is 0 Å². The molecule has 0 atom stereocenters. The molecule has 4 rings (SSSR count). The number of nitrogens with zero attached hydrogens (tertiary/aromatic N) is 5. The van der Waals surface area contributed by atoms with E-state index >= 15 is 0 Å². The normalized spacial score (nSPS) is 19.8. The highest BCUT2D eigenvalue weighted by molar-refractivity contribution is 7.91. The fourth-order valence-corrected chi connectivity index (χ4v) is 6.53. The third-order valence-electron chi connectivity index (χ3n) is 6.25. The molecule has 1 aromatic heterocycles. The molecule has 2 aliphatic heterocycles. The molecule has 0 saturated carbocycles. The third kappa shape index (κ3) is 4.37. The number of benzene rings is 1. The lowest BCUT2D eigenvalue weighted by atomic mass is 9.90. The van der Waals surface area contributed by atoms with E-state index in [4.69, 9.17) is 4.74 Å². The number of nitrogens with one attached hydrogen (secondary N) is 1. The van der Waals surface area contributed by atoms with Crippen LogP contribution in [0.1, 0.15) is 37.2 Å². The monoisotopic (exact) mass is 486 g/mol. The van der Waals surface area contributed by atoms with Crippen molar-refractivity contribution in [2.45, 2.75) is 36.3 Å². The Morgan fingerprint density at radius 1 is 1.19 bits per heavy atom. The van der Waals surface area contributed by atoms with E-state index in [1.807, 2.05) is 24.3 Å². The van der Waals surface area contributed by atoms with Gasteiger partial charge in [0, 0.05) is 44.7 Å². The Morgan fingerprint density at radius 2 is 1.81 bits per heavy atom. The van der Waals surface area contributed by atoms with Crippen LogP contribution in [-0.2, 0) is 26.6 Å². The van der Waals surface area contributed by atoms with Gasteiger partial charge in [-0.05, 0) is 29.5 Å². The lowest BCUT2D eigenvalue weighted by Gasteiger charge is -2.40. The fourth-order valence-electron chi connectivity index (χ4n) is 4.39. The SMILES string of the molecule is Cl.Cn1nnc(-c2ccc(C3CCN(S(=O)(=O)C4(C(=O)NO)CCOCC4)CC3)cc2)n1. The molecule has 13 heteroatoms. The fraction of sp³-hybridized carbons (Fsp3) is 0.579. The summed E-state index contributed by atoms with van der Waals surface area (Å²) in [6.45, 7) is 0.968. The zero-order valence-electron chi connectivity index (χ0n) is 17.7. The minimum atomic E-state index is -3.95. The van der Waals surface area contributed by atoms with E-state index in [0.29, 0.717) is 31.8 Å². The Morgan fingerprint density at radius 3 is 2.34 bits per heavy atom. The van der Waals surface area contributed by atoms with Crippen LogP contribution in [0.25, 0.3) is 11.4 Å². The van der Waals surface area contributed by atoms with Gasteiger partial charge in [-0.3, -0.25) is 10.0 Å². The van der Waals surface area contributed by atoms with Crippen molar-refractivity contribution >= 4 is 28.3 Å². The number of sulfonamides is 1. The van der Waals surface area contributed by atoms with E-state index in [1.54, 1.807) is 12.5 Å². The maximum Gasteiger partial charge on any atom is 0.266 e. The van der Waals surface area contributed by atoms with Crippen molar-refractivity contribution in [2.75, 3.05) is 26.3 Å². The second-order valence-electron chi connectivity index (χ2n) is 7.95. The summed E-state index contributed by atoms with van der Waals surface area (Å²) in [6, 6.07) is 7.91. The highest BCUT2D eigenvalue weighted by Crippen LogP contribution is 2.37. The first-order valence-electron chi connectivity index (χ1n) is 10.2. The lowest BCUT2D eigenvalue weighted by molar-refractivity contribution is -0.134. The van der Waals surface area contributed by atoms with E-state index < -0.39 is 20.7 Å². The van der Waals surface area contributed by atoms with E-state index in [0.717, 1.165) is 11.1 Å². The van der Waals surface area contributed by atoms with Gasteiger partial charge < -0.3 is 4.74 Å². The quantitative estimate of drug-likeness (QED) is 0.468. The molecule has 2 fully saturated rings. The Labute approximate surface area is 192 Å². The number of hydrogen-bond donors (Lipinski definition) is 2. The Kier molecular flexibility index (Phi) is 7.50. The van der Waals surface area contributed by atoms with Gasteiger partial charge in [0.2, 0.25) is 15.8 Å². The molecule has 3 heterocycles. The number of amides is 1. The van der Waals surface area contributed by atoms with Crippen LogP contribution in [0.5, 0.6) is 0 Å². The van der Waals surface area contributed by atoms with Gasteiger partial charge in [-0.1, -0.05) is 24.3 Å². The molecular formula is C19H27ClN6O5S. The largest absolute Gasteiger partial charge is 0.381 e. The van der Waals surface area contributed by atoms with Crippen molar-refractivity contribution in [1.82, 2.24) is 30.0 Å². The Balaban J connectivity index is 0.00000289. The maximum absolute atomic E-state index is 13.4. The number of aromatic nitrogens is 4. The molecular weight excluding hydrogens is 460 g/mol. The predicted octanol–water partition coefficient (Wildman–Crippen LogP) is 0.863. The van der Waals surface area contributed by atoms with Crippen molar-refractivity contribution < 1.29 is 23.2 Å². The van der Waals surface area contributed by atoms with E-state index in [-0.39, 0.29) is 44.4 Å². The van der Waals surface area contributed by atoms with Crippen molar-refractivity contribution in [1.29, 1.82) is 0 Å². The van der Waals surface area contributed by atoms with Crippen molar-refractivity contribution in [2.24, 2.45) is 7.05 Å². The van der Waals surface area contributed by atoms with Crippen molar-refractivity contribution in [3.8, 4) is 11.4 Å². The van der Waals surface area contributed by atoms with E-state index in [2.05, 4.69) is 15.4 Å². The summed E-state index contributed by atoms with van der Waals surface area (Å²) in [5.41, 5.74) is 3.55. The molecule has 0 aliphatic carbocycles. The molecule has 0 spiro atoms. The third-order valence-corrected chi connectivity index (χ3v) is 8.88. The van der Waals surface area contributed by atoms with Crippen LogP contribution in [0.2, 0.25) is 0 Å². The van der Waals surface area contributed by atoms with Crippen molar-refractivity contribution in [3.05, 3.63) is 29.8 Å². The van der Waals surface area contributed by atoms with Crippen LogP contribution in [0.15, 0.2) is 24.3 Å². The second kappa shape index (κ2) is 9.79. The predicted molar refractivity (Wildman–Crippen MR) is 117 cm³/mol. The minimum Gasteiger partial charge on any atom is -0.381 e. The van der Waals surface area contributed by atoms with Crippen LogP contribution in [-0.4, -0.2) is 75.1 Å². The van der Waals surface area contributed by atoms with Gasteiger partial charge >= 0.3 is 0 Å². The number of rotatable bonds is 5. The van der Waals surface area contributed by atoms with Crippen LogP contribution >= 0.6 is 12.4 Å². The highest BCUT2D eigenvalue weighted by atomic mass is 35.5. The first-order chi connectivity index (χ1) is 14.9. The molecule has 1 amide bonds. The molecule has 11 nitrogen and oxygen atoms in total. The smallest absolute Gasteiger partial charge is 0.266 e. The van der Waals surface area contributed by atoms with Crippen LogP contribution < -0.4 is 5.48 Å². The van der Waals surface area contributed by atoms with Crippen molar-refractivity contribution in [3.63, 3.8) is 0 Å². The molecule has 2 saturated heterocycles. The number of piperidine rings is 1. The molecule has 176 valence electrons. The van der Waals surface area contributed by atoms with Gasteiger partial charge in [0.05, 0.1) is 7.05 Å². The van der Waals surface area contributed by atoms with Gasteiger partial charge in [0.15, 0.2) is 4.75 Å².